The van der Waals surface area contributed by atoms with Gasteiger partial charge in [0.2, 0.25) is 11.8 Å². The number of nitrogens with one attached hydrogen (secondary N) is 1. The Balaban J connectivity index is 2.18. The highest BCUT2D eigenvalue weighted by Crippen LogP contribution is 2.23. The Morgan fingerprint density at radius 3 is 2.42 bits per heavy atom. The Kier molecular flexibility index (Phi) is 5.78. The summed E-state index contributed by atoms with van der Waals surface area (Å²) in [7, 11) is 0. The van der Waals surface area contributed by atoms with Gasteiger partial charge in [-0.15, -0.1) is 0 Å². The van der Waals surface area contributed by atoms with Crippen molar-refractivity contribution < 1.29 is 9.59 Å². The molecule has 2 amide bonds. The summed E-state index contributed by atoms with van der Waals surface area (Å²) in [5.41, 5.74) is 4.63. The summed E-state index contributed by atoms with van der Waals surface area (Å²) < 4.78 is 0.967. The minimum Gasteiger partial charge on any atom is -0.324 e. The quantitative estimate of drug-likeness (QED) is 0.845. The molecule has 0 atom stereocenters. The number of hydrogen-bond donors (Lipinski definition) is 1. The van der Waals surface area contributed by atoms with E-state index in [0.717, 1.165) is 26.9 Å². The molecule has 1 N–H and O–H groups in total. The highest BCUT2D eigenvalue weighted by atomic mass is 79.9. The number of nitrogens with zero attached hydrogens (tertiary/aromatic N) is 1. The molecule has 0 fully saturated rings. The van der Waals surface area contributed by atoms with Crippen LogP contribution in [0, 0.1) is 20.8 Å². The van der Waals surface area contributed by atoms with Gasteiger partial charge in [0, 0.05) is 22.8 Å². The van der Waals surface area contributed by atoms with Gasteiger partial charge in [-0.3, -0.25) is 9.59 Å². The Bertz CT molecular complexity index is 787. The summed E-state index contributed by atoms with van der Waals surface area (Å²) in [5, 5.41) is 2.89. The van der Waals surface area contributed by atoms with Crippen molar-refractivity contribution in [1.82, 2.24) is 0 Å². The maximum Gasteiger partial charge on any atom is 0.244 e. The first-order valence-corrected chi connectivity index (χ1v) is 8.49. The lowest BCUT2D eigenvalue weighted by atomic mass is 10.1. The van der Waals surface area contributed by atoms with Gasteiger partial charge in [-0.05, 0) is 61.7 Å². The minimum atomic E-state index is -0.223. The maximum atomic E-state index is 12.4. The van der Waals surface area contributed by atoms with Crippen molar-refractivity contribution in [3.05, 3.63) is 57.6 Å². The number of rotatable bonds is 4. The second-order valence-electron chi connectivity index (χ2n) is 5.83. The summed E-state index contributed by atoms with van der Waals surface area (Å²) >= 11 is 3.44. The summed E-state index contributed by atoms with van der Waals surface area (Å²) in [6, 6.07) is 11.3. The van der Waals surface area contributed by atoms with Crippen molar-refractivity contribution >= 4 is 39.1 Å². The predicted molar refractivity (Wildman–Crippen MR) is 101 cm³/mol. The molecule has 0 aliphatic rings. The van der Waals surface area contributed by atoms with Gasteiger partial charge < -0.3 is 10.2 Å². The van der Waals surface area contributed by atoms with E-state index in [1.54, 1.807) is 0 Å². The number of aryl methyl sites for hydroxylation is 2. The predicted octanol–water partition coefficient (Wildman–Crippen LogP) is 4.37. The zero-order valence-corrected chi connectivity index (χ0v) is 15.9. The molecular formula is C19H21BrN2O2. The van der Waals surface area contributed by atoms with Gasteiger partial charge in [-0.2, -0.15) is 0 Å². The SMILES string of the molecule is CC(=O)N(CC(=O)Nc1cccc(C)c1C)c1ccc(Br)c(C)c1. The molecule has 0 bridgehead atoms. The lowest BCUT2D eigenvalue weighted by Gasteiger charge is -2.22. The molecule has 4 nitrogen and oxygen atoms in total. The van der Waals surface area contributed by atoms with Gasteiger partial charge in [0.15, 0.2) is 0 Å². The number of halogens is 1. The average molecular weight is 389 g/mol. The van der Waals surface area contributed by atoms with Crippen molar-refractivity contribution in [3.63, 3.8) is 0 Å². The van der Waals surface area contributed by atoms with E-state index in [1.807, 2.05) is 57.2 Å². The summed E-state index contributed by atoms with van der Waals surface area (Å²) in [6.07, 6.45) is 0. The van der Waals surface area contributed by atoms with Crippen LogP contribution in [0.2, 0.25) is 0 Å². The second-order valence-corrected chi connectivity index (χ2v) is 6.69. The highest BCUT2D eigenvalue weighted by Gasteiger charge is 2.17. The van der Waals surface area contributed by atoms with Crippen LogP contribution in [0.15, 0.2) is 40.9 Å². The summed E-state index contributed by atoms with van der Waals surface area (Å²) in [6.45, 7) is 7.34. The number of carbonyl (C=O) groups is 2. The highest BCUT2D eigenvalue weighted by molar-refractivity contribution is 9.10. The van der Waals surface area contributed by atoms with E-state index < -0.39 is 0 Å². The standard InChI is InChI=1S/C19H21BrN2O2/c1-12-6-5-7-18(14(12)3)21-19(24)11-22(15(4)23)16-8-9-17(20)13(2)10-16/h5-10H,11H2,1-4H3,(H,21,24). The lowest BCUT2D eigenvalue weighted by molar-refractivity contribution is -0.120. The normalized spacial score (nSPS) is 10.4. The van der Waals surface area contributed by atoms with Crippen LogP contribution in [0.1, 0.15) is 23.6 Å². The smallest absolute Gasteiger partial charge is 0.244 e. The van der Waals surface area contributed by atoms with Crippen molar-refractivity contribution in [2.75, 3.05) is 16.8 Å². The number of anilines is 2. The molecule has 0 radical (unpaired) electrons. The van der Waals surface area contributed by atoms with Crippen LogP contribution in [0.25, 0.3) is 0 Å². The molecule has 5 heteroatoms. The van der Waals surface area contributed by atoms with E-state index in [4.69, 9.17) is 0 Å². The number of benzene rings is 2. The molecule has 0 spiro atoms. The lowest BCUT2D eigenvalue weighted by Crippen LogP contribution is -2.36. The molecule has 2 aromatic carbocycles. The van der Waals surface area contributed by atoms with Gasteiger partial charge in [0.1, 0.15) is 6.54 Å². The molecule has 0 saturated heterocycles. The maximum absolute atomic E-state index is 12.4. The largest absolute Gasteiger partial charge is 0.324 e. The van der Waals surface area contributed by atoms with Crippen LogP contribution in [0.4, 0.5) is 11.4 Å². The monoisotopic (exact) mass is 388 g/mol. The van der Waals surface area contributed by atoms with Crippen LogP contribution in [-0.4, -0.2) is 18.4 Å². The van der Waals surface area contributed by atoms with Crippen molar-refractivity contribution in [1.29, 1.82) is 0 Å². The van der Waals surface area contributed by atoms with Crippen LogP contribution < -0.4 is 10.2 Å². The Morgan fingerprint density at radius 1 is 1.08 bits per heavy atom. The average Bonchev–Trinajstić information content (AvgIpc) is 2.52. The fourth-order valence-corrected chi connectivity index (χ4v) is 2.65. The molecule has 2 rings (SSSR count). The van der Waals surface area contributed by atoms with Crippen molar-refractivity contribution in [2.45, 2.75) is 27.7 Å². The van der Waals surface area contributed by atoms with Gasteiger partial charge in [-0.25, -0.2) is 0 Å². The third-order valence-electron chi connectivity index (χ3n) is 4.01. The van der Waals surface area contributed by atoms with E-state index in [0.29, 0.717) is 5.69 Å². The van der Waals surface area contributed by atoms with E-state index in [-0.39, 0.29) is 18.4 Å². The third kappa shape index (κ3) is 4.23. The molecular weight excluding hydrogens is 368 g/mol. The molecule has 2 aromatic rings. The zero-order valence-electron chi connectivity index (χ0n) is 14.3. The molecule has 0 aromatic heterocycles. The van der Waals surface area contributed by atoms with E-state index in [2.05, 4.69) is 21.2 Å². The molecule has 0 heterocycles. The van der Waals surface area contributed by atoms with Gasteiger partial charge >= 0.3 is 0 Å². The van der Waals surface area contributed by atoms with Crippen molar-refractivity contribution in [3.8, 4) is 0 Å². The van der Waals surface area contributed by atoms with Crippen LogP contribution in [0.3, 0.4) is 0 Å². The molecule has 0 unspecified atom stereocenters. The minimum absolute atomic E-state index is 0.0240. The molecule has 126 valence electrons. The summed E-state index contributed by atoms with van der Waals surface area (Å²) in [5.74, 6) is -0.396. The first kappa shape index (κ1) is 18.2. The molecule has 0 aliphatic heterocycles. The van der Waals surface area contributed by atoms with E-state index >= 15 is 0 Å². The zero-order chi connectivity index (χ0) is 17.9. The van der Waals surface area contributed by atoms with Gasteiger partial charge in [0.05, 0.1) is 0 Å². The number of carbonyl (C=O) groups excluding carboxylic acids is 2. The van der Waals surface area contributed by atoms with Gasteiger partial charge in [-0.1, -0.05) is 28.1 Å². The third-order valence-corrected chi connectivity index (χ3v) is 4.90. The Labute approximate surface area is 151 Å². The number of hydrogen-bond acceptors (Lipinski definition) is 2. The molecule has 24 heavy (non-hydrogen) atoms. The second kappa shape index (κ2) is 7.62. The Hall–Kier alpha value is -2.14. The van der Waals surface area contributed by atoms with Crippen molar-refractivity contribution in [2.24, 2.45) is 0 Å². The first-order chi connectivity index (χ1) is 11.3. The Morgan fingerprint density at radius 2 is 1.79 bits per heavy atom. The fourth-order valence-electron chi connectivity index (χ4n) is 2.40. The van der Waals surface area contributed by atoms with Crippen LogP contribution >= 0.6 is 15.9 Å². The van der Waals surface area contributed by atoms with E-state index in [9.17, 15) is 9.59 Å². The van der Waals surface area contributed by atoms with E-state index in [1.165, 1.54) is 11.8 Å². The first-order valence-electron chi connectivity index (χ1n) is 7.70. The van der Waals surface area contributed by atoms with Crippen LogP contribution in [-0.2, 0) is 9.59 Å². The number of amides is 2. The molecule has 0 aliphatic carbocycles. The fraction of sp³-hybridized carbons (Fsp3) is 0.263. The topological polar surface area (TPSA) is 49.4 Å². The molecule has 0 saturated carbocycles. The van der Waals surface area contributed by atoms with Gasteiger partial charge in [0.25, 0.3) is 0 Å². The summed E-state index contributed by atoms with van der Waals surface area (Å²) in [4.78, 5) is 25.9. The van der Waals surface area contributed by atoms with Crippen LogP contribution in [0.5, 0.6) is 0 Å².